The number of nitrogens with zero attached hydrogens (tertiary/aromatic N) is 1. The van der Waals surface area contributed by atoms with E-state index in [1.807, 2.05) is 6.20 Å². The summed E-state index contributed by atoms with van der Waals surface area (Å²) in [6.45, 7) is 4.42. The molecule has 1 saturated carbocycles. The first-order chi connectivity index (χ1) is 11.2. The molecule has 0 saturated heterocycles. The minimum absolute atomic E-state index is 0.797. The molecule has 0 atom stereocenters. The molecule has 1 heterocycles. The summed E-state index contributed by atoms with van der Waals surface area (Å²) in [6, 6.07) is 13.7. The average Bonchev–Trinajstić information content (AvgIpc) is 2.62. The SMILES string of the molecule is CCC1CCC(c2ccc(CCc3ccc(C)cn3)cc2)CC1. The topological polar surface area (TPSA) is 12.9 Å². The fourth-order valence-corrected chi connectivity index (χ4v) is 3.78. The van der Waals surface area contributed by atoms with Crippen LogP contribution >= 0.6 is 0 Å². The molecule has 0 N–H and O–H groups in total. The first-order valence-electron chi connectivity index (χ1n) is 9.25. The van der Waals surface area contributed by atoms with Gasteiger partial charge in [0.05, 0.1) is 0 Å². The van der Waals surface area contributed by atoms with Gasteiger partial charge in [0, 0.05) is 11.9 Å². The minimum atomic E-state index is 0.797. The summed E-state index contributed by atoms with van der Waals surface area (Å²) in [6.07, 6.45) is 11.0. The quantitative estimate of drug-likeness (QED) is 0.674. The summed E-state index contributed by atoms with van der Waals surface area (Å²) >= 11 is 0. The Balaban J connectivity index is 1.54. The lowest BCUT2D eigenvalue weighted by Gasteiger charge is -2.28. The van der Waals surface area contributed by atoms with Crippen LogP contribution in [0.25, 0.3) is 0 Å². The van der Waals surface area contributed by atoms with Crippen LogP contribution in [0.2, 0.25) is 0 Å². The molecule has 0 radical (unpaired) electrons. The smallest absolute Gasteiger partial charge is 0.0407 e. The van der Waals surface area contributed by atoms with Gasteiger partial charge in [0.1, 0.15) is 0 Å². The molecule has 0 aliphatic heterocycles. The maximum atomic E-state index is 4.50. The van der Waals surface area contributed by atoms with Crippen molar-refractivity contribution in [1.29, 1.82) is 0 Å². The summed E-state index contributed by atoms with van der Waals surface area (Å²) in [7, 11) is 0. The van der Waals surface area contributed by atoms with Crippen molar-refractivity contribution in [2.24, 2.45) is 5.92 Å². The lowest BCUT2D eigenvalue weighted by atomic mass is 9.78. The van der Waals surface area contributed by atoms with Gasteiger partial charge in [-0.1, -0.05) is 43.7 Å². The molecular formula is C22H29N. The second-order valence-corrected chi connectivity index (χ2v) is 7.19. The van der Waals surface area contributed by atoms with Crippen LogP contribution in [0.5, 0.6) is 0 Å². The Bertz CT molecular complexity index is 589. The molecule has 1 nitrogen and oxygen atoms in total. The van der Waals surface area contributed by atoms with E-state index in [0.717, 1.165) is 24.7 Å². The molecule has 0 unspecified atom stereocenters. The number of aromatic nitrogens is 1. The summed E-state index contributed by atoms with van der Waals surface area (Å²) in [5, 5.41) is 0. The van der Waals surface area contributed by atoms with Gasteiger partial charge in [0.2, 0.25) is 0 Å². The third-order valence-electron chi connectivity index (χ3n) is 5.52. The van der Waals surface area contributed by atoms with Crippen molar-refractivity contribution >= 4 is 0 Å². The van der Waals surface area contributed by atoms with Gasteiger partial charge in [0.25, 0.3) is 0 Å². The van der Waals surface area contributed by atoms with Crippen molar-refractivity contribution in [2.45, 2.75) is 64.7 Å². The lowest BCUT2D eigenvalue weighted by Crippen LogP contribution is -2.12. The van der Waals surface area contributed by atoms with Crippen LogP contribution in [0.4, 0.5) is 0 Å². The summed E-state index contributed by atoms with van der Waals surface area (Å²) in [4.78, 5) is 4.50. The summed E-state index contributed by atoms with van der Waals surface area (Å²) in [5.74, 6) is 1.78. The molecule has 0 amide bonds. The largest absolute Gasteiger partial charge is 0.261 e. The molecule has 1 heteroatoms. The van der Waals surface area contributed by atoms with Gasteiger partial charge < -0.3 is 0 Å². The van der Waals surface area contributed by atoms with E-state index in [2.05, 4.69) is 55.2 Å². The number of benzene rings is 1. The van der Waals surface area contributed by atoms with Crippen LogP contribution in [0.15, 0.2) is 42.6 Å². The van der Waals surface area contributed by atoms with Gasteiger partial charge in [-0.3, -0.25) is 4.98 Å². The molecule has 1 aliphatic carbocycles. The Morgan fingerprint density at radius 2 is 1.65 bits per heavy atom. The molecule has 122 valence electrons. The number of pyridine rings is 1. The van der Waals surface area contributed by atoms with Crippen molar-refractivity contribution < 1.29 is 0 Å². The summed E-state index contributed by atoms with van der Waals surface area (Å²) in [5.41, 5.74) is 5.41. The monoisotopic (exact) mass is 307 g/mol. The maximum absolute atomic E-state index is 4.50. The van der Waals surface area contributed by atoms with E-state index in [9.17, 15) is 0 Å². The van der Waals surface area contributed by atoms with E-state index < -0.39 is 0 Å². The van der Waals surface area contributed by atoms with Gasteiger partial charge in [-0.2, -0.15) is 0 Å². The molecule has 1 aromatic carbocycles. The summed E-state index contributed by atoms with van der Waals surface area (Å²) < 4.78 is 0. The number of aryl methyl sites for hydroxylation is 3. The predicted octanol–water partition coefficient (Wildman–Crippen LogP) is 5.86. The van der Waals surface area contributed by atoms with Crippen molar-refractivity contribution in [1.82, 2.24) is 4.98 Å². The molecular weight excluding hydrogens is 278 g/mol. The molecule has 0 spiro atoms. The average molecular weight is 307 g/mol. The Morgan fingerprint density at radius 3 is 2.26 bits per heavy atom. The van der Waals surface area contributed by atoms with Gasteiger partial charge in [-0.25, -0.2) is 0 Å². The second-order valence-electron chi connectivity index (χ2n) is 7.19. The van der Waals surface area contributed by atoms with Crippen LogP contribution < -0.4 is 0 Å². The first kappa shape index (κ1) is 16.2. The van der Waals surface area contributed by atoms with Gasteiger partial charge in [-0.15, -0.1) is 0 Å². The zero-order valence-corrected chi connectivity index (χ0v) is 14.6. The predicted molar refractivity (Wildman–Crippen MR) is 97.8 cm³/mol. The van der Waals surface area contributed by atoms with Gasteiger partial charge in [-0.05, 0) is 80.0 Å². The number of rotatable bonds is 5. The fourth-order valence-electron chi connectivity index (χ4n) is 3.78. The van der Waals surface area contributed by atoms with Crippen molar-refractivity contribution in [3.63, 3.8) is 0 Å². The van der Waals surface area contributed by atoms with Crippen LogP contribution in [0, 0.1) is 12.8 Å². The molecule has 2 aromatic rings. The fraction of sp³-hybridized carbons (Fsp3) is 0.500. The molecule has 1 aliphatic rings. The van der Waals surface area contributed by atoms with Crippen molar-refractivity contribution in [3.8, 4) is 0 Å². The van der Waals surface area contributed by atoms with E-state index in [1.165, 1.54) is 48.9 Å². The highest BCUT2D eigenvalue weighted by Gasteiger charge is 2.20. The Morgan fingerprint density at radius 1 is 0.913 bits per heavy atom. The van der Waals surface area contributed by atoms with E-state index in [4.69, 9.17) is 0 Å². The van der Waals surface area contributed by atoms with E-state index in [1.54, 1.807) is 5.56 Å². The van der Waals surface area contributed by atoms with E-state index in [-0.39, 0.29) is 0 Å². The number of hydrogen-bond acceptors (Lipinski definition) is 1. The highest BCUT2D eigenvalue weighted by molar-refractivity contribution is 5.26. The molecule has 3 rings (SSSR count). The van der Waals surface area contributed by atoms with Crippen LogP contribution in [0.3, 0.4) is 0 Å². The number of hydrogen-bond donors (Lipinski definition) is 0. The van der Waals surface area contributed by atoms with Crippen LogP contribution in [-0.2, 0) is 12.8 Å². The minimum Gasteiger partial charge on any atom is -0.261 e. The third-order valence-corrected chi connectivity index (χ3v) is 5.52. The highest BCUT2D eigenvalue weighted by Crippen LogP contribution is 2.36. The Hall–Kier alpha value is -1.63. The molecule has 23 heavy (non-hydrogen) atoms. The van der Waals surface area contributed by atoms with E-state index in [0.29, 0.717) is 0 Å². The van der Waals surface area contributed by atoms with Crippen molar-refractivity contribution in [2.75, 3.05) is 0 Å². The molecule has 1 fully saturated rings. The Kier molecular flexibility index (Phi) is 5.48. The maximum Gasteiger partial charge on any atom is 0.0407 e. The third kappa shape index (κ3) is 4.43. The molecule has 1 aromatic heterocycles. The van der Waals surface area contributed by atoms with Gasteiger partial charge in [0.15, 0.2) is 0 Å². The lowest BCUT2D eigenvalue weighted by molar-refractivity contribution is 0.319. The zero-order valence-electron chi connectivity index (χ0n) is 14.6. The van der Waals surface area contributed by atoms with E-state index >= 15 is 0 Å². The second kappa shape index (κ2) is 7.77. The van der Waals surface area contributed by atoms with Crippen LogP contribution in [-0.4, -0.2) is 4.98 Å². The zero-order chi connectivity index (χ0) is 16.1. The van der Waals surface area contributed by atoms with Crippen LogP contribution in [0.1, 0.15) is 67.3 Å². The highest BCUT2D eigenvalue weighted by atomic mass is 14.7. The standard InChI is InChI=1S/C22H29N/c1-3-18-5-10-20(11-6-18)21-12-7-19(8-13-21)9-15-22-14-4-17(2)16-23-22/h4,7-8,12-14,16,18,20H,3,5-6,9-11,15H2,1-2H3. The first-order valence-corrected chi connectivity index (χ1v) is 9.25. The molecule has 0 bridgehead atoms. The van der Waals surface area contributed by atoms with Gasteiger partial charge >= 0.3 is 0 Å². The normalized spacial score (nSPS) is 21.3. The Labute approximate surface area is 141 Å². The van der Waals surface area contributed by atoms with Crippen molar-refractivity contribution in [3.05, 3.63) is 65.0 Å².